The number of hydrogen-bond acceptors (Lipinski definition) is 3. The Kier molecular flexibility index (Phi) is 4.85. The Labute approximate surface area is 145 Å². The van der Waals surface area contributed by atoms with Gasteiger partial charge in [-0.3, -0.25) is 14.6 Å². The number of anilines is 2. The van der Waals surface area contributed by atoms with Crippen molar-refractivity contribution < 1.29 is 9.59 Å². The van der Waals surface area contributed by atoms with Gasteiger partial charge in [-0.05, 0) is 36.8 Å². The lowest BCUT2D eigenvalue weighted by Crippen LogP contribution is -2.16. The highest BCUT2D eigenvalue weighted by atomic mass is 16.2. The molecule has 0 atom stereocenters. The summed E-state index contributed by atoms with van der Waals surface area (Å²) in [4.78, 5) is 28.7. The quantitative estimate of drug-likeness (QED) is 0.762. The first-order valence-corrected chi connectivity index (χ1v) is 7.82. The van der Waals surface area contributed by atoms with E-state index in [1.165, 1.54) is 18.5 Å². The third-order valence-electron chi connectivity index (χ3n) is 3.69. The Bertz CT molecular complexity index is 908. The lowest BCUT2D eigenvalue weighted by molar-refractivity contribution is 0.102. The van der Waals surface area contributed by atoms with E-state index in [1.807, 2.05) is 49.4 Å². The summed E-state index contributed by atoms with van der Waals surface area (Å²) < 4.78 is 0. The average Bonchev–Trinajstić information content (AvgIpc) is 2.64. The van der Waals surface area contributed by atoms with Crippen molar-refractivity contribution in [1.82, 2.24) is 4.98 Å². The molecular weight excluding hydrogens is 314 g/mol. The van der Waals surface area contributed by atoms with Crippen LogP contribution in [-0.4, -0.2) is 16.8 Å². The largest absolute Gasteiger partial charge is 0.322 e. The highest BCUT2D eigenvalue weighted by Gasteiger charge is 2.12. The first kappa shape index (κ1) is 16.4. The number of pyridine rings is 1. The third kappa shape index (κ3) is 4.09. The first-order valence-electron chi connectivity index (χ1n) is 7.82. The van der Waals surface area contributed by atoms with Crippen LogP contribution in [0.3, 0.4) is 0 Å². The molecule has 1 aromatic heterocycles. The standard InChI is InChI=1S/C20H17N3O2/c1-14-7-5-6-10-18(14)23-20(25)16-11-15(12-21-13-16)19(24)22-17-8-3-2-4-9-17/h2-13H,1H3,(H,22,24)(H,23,25). The number of carbonyl (C=O) groups excluding carboxylic acids is 2. The zero-order valence-electron chi connectivity index (χ0n) is 13.7. The van der Waals surface area contributed by atoms with Crippen molar-refractivity contribution in [2.45, 2.75) is 6.92 Å². The minimum Gasteiger partial charge on any atom is -0.322 e. The molecule has 5 heteroatoms. The van der Waals surface area contributed by atoms with E-state index in [4.69, 9.17) is 0 Å². The number of amides is 2. The SMILES string of the molecule is Cc1ccccc1NC(=O)c1cncc(C(=O)Nc2ccccc2)c1. The third-order valence-corrected chi connectivity index (χ3v) is 3.69. The summed E-state index contributed by atoms with van der Waals surface area (Å²) in [5, 5.41) is 5.60. The van der Waals surface area contributed by atoms with Crippen molar-refractivity contribution in [1.29, 1.82) is 0 Å². The van der Waals surface area contributed by atoms with Crippen LogP contribution in [0.15, 0.2) is 73.1 Å². The van der Waals surface area contributed by atoms with E-state index >= 15 is 0 Å². The van der Waals surface area contributed by atoms with Crippen molar-refractivity contribution in [2.24, 2.45) is 0 Å². The fourth-order valence-corrected chi connectivity index (χ4v) is 2.32. The molecule has 3 rings (SSSR count). The van der Waals surface area contributed by atoms with Crippen LogP contribution in [0.2, 0.25) is 0 Å². The maximum atomic E-state index is 12.4. The molecule has 3 aromatic rings. The zero-order chi connectivity index (χ0) is 17.6. The first-order chi connectivity index (χ1) is 12.1. The van der Waals surface area contributed by atoms with Gasteiger partial charge < -0.3 is 10.6 Å². The Morgan fingerprint density at radius 2 is 1.40 bits per heavy atom. The van der Waals surface area contributed by atoms with E-state index in [0.717, 1.165) is 11.3 Å². The van der Waals surface area contributed by atoms with Crippen LogP contribution in [0.1, 0.15) is 26.3 Å². The van der Waals surface area contributed by atoms with Gasteiger partial charge in [-0.25, -0.2) is 0 Å². The fourth-order valence-electron chi connectivity index (χ4n) is 2.32. The van der Waals surface area contributed by atoms with Gasteiger partial charge in [0.2, 0.25) is 0 Å². The number of nitrogens with one attached hydrogen (secondary N) is 2. The van der Waals surface area contributed by atoms with Gasteiger partial charge in [0.05, 0.1) is 11.1 Å². The molecule has 2 aromatic carbocycles. The number of nitrogens with zero attached hydrogens (tertiary/aromatic N) is 1. The molecule has 25 heavy (non-hydrogen) atoms. The van der Waals surface area contributed by atoms with Crippen LogP contribution in [0.25, 0.3) is 0 Å². The number of hydrogen-bond donors (Lipinski definition) is 2. The van der Waals surface area contributed by atoms with Gasteiger partial charge in [-0.2, -0.15) is 0 Å². The summed E-state index contributed by atoms with van der Waals surface area (Å²) in [7, 11) is 0. The van der Waals surface area contributed by atoms with Gasteiger partial charge >= 0.3 is 0 Å². The van der Waals surface area contributed by atoms with E-state index < -0.39 is 0 Å². The van der Waals surface area contributed by atoms with Crippen molar-refractivity contribution in [2.75, 3.05) is 10.6 Å². The van der Waals surface area contributed by atoms with E-state index in [0.29, 0.717) is 16.8 Å². The van der Waals surface area contributed by atoms with E-state index in [9.17, 15) is 9.59 Å². The number of aromatic nitrogens is 1. The van der Waals surface area contributed by atoms with Gasteiger partial charge in [0.25, 0.3) is 11.8 Å². The van der Waals surface area contributed by atoms with Gasteiger partial charge in [-0.15, -0.1) is 0 Å². The summed E-state index contributed by atoms with van der Waals surface area (Å²) in [6, 6.07) is 18.1. The summed E-state index contributed by atoms with van der Waals surface area (Å²) in [6.07, 6.45) is 2.87. The molecule has 0 bridgehead atoms. The second-order valence-corrected chi connectivity index (χ2v) is 5.55. The van der Waals surface area contributed by atoms with Crippen LogP contribution < -0.4 is 10.6 Å². The summed E-state index contributed by atoms with van der Waals surface area (Å²) >= 11 is 0. The zero-order valence-corrected chi connectivity index (χ0v) is 13.7. The molecule has 0 aliphatic rings. The van der Waals surface area contributed by atoms with E-state index in [1.54, 1.807) is 12.1 Å². The number of para-hydroxylation sites is 2. The topological polar surface area (TPSA) is 71.1 Å². The molecule has 0 unspecified atom stereocenters. The molecule has 5 nitrogen and oxygen atoms in total. The van der Waals surface area contributed by atoms with Gasteiger partial charge in [0.1, 0.15) is 0 Å². The highest BCUT2D eigenvalue weighted by molar-refractivity contribution is 6.08. The molecule has 0 fully saturated rings. The molecule has 124 valence electrons. The summed E-state index contributed by atoms with van der Waals surface area (Å²) in [5.74, 6) is -0.625. The van der Waals surface area contributed by atoms with E-state index in [2.05, 4.69) is 15.6 Å². The molecule has 2 amide bonds. The molecule has 2 N–H and O–H groups in total. The second kappa shape index (κ2) is 7.40. The fraction of sp³-hybridized carbons (Fsp3) is 0.0500. The molecule has 0 radical (unpaired) electrons. The predicted molar refractivity (Wildman–Crippen MR) is 97.8 cm³/mol. The lowest BCUT2D eigenvalue weighted by atomic mass is 10.1. The highest BCUT2D eigenvalue weighted by Crippen LogP contribution is 2.15. The van der Waals surface area contributed by atoms with Crippen LogP contribution in [0.4, 0.5) is 11.4 Å². The summed E-state index contributed by atoms with van der Waals surface area (Å²) in [6.45, 7) is 1.91. The van der Waals surface area contributed by atoms with Crippen LogP contribution in [-0.2, 0) is 0 Å². The van der Waals surface area contributed by atoms with Crippen molar-refractivity contribution in [3.8, 4) is 0 Å². The second-order valence-electron chi connectivity index (χ2n) is 5.55. The molecule has 0 saturated carbocycles. The average molecular weight is 331 g/mol. The molecular formula is C20H17N3O2. The molecule has 0 spiro atoms. The van der Waals surface area contributed by atoms with Crippen LogP contribution in [0.5, 0.6) is 0 Å². The minimum absolute atomic E-state index is 0.309. The molecule has 1 heterocycles. The Morgan fingerprint density at radius 3 is 2.08 bits per heavy atom. The maximum Gasteiger partial charge on any atom is 0.257 e. The maximum absolute atomic E-state index is 12.4. The monoisotopic (exact) mass is 331 g/mol. The smallest absolute Gasteiger partial charge is 0.257 e. The van der Waals surface area contributed by atoms with Crippen molar-refractivity contribution in [3.05, 3.63) is 89.7 Å². The van der Waals surface area contributed by atoms with Gasteiger partial charge in [0, 0.05) is 23.8 Å². The van der Waals surface area contributed by atoms with Crippen molar-refractivity contribution in [3.63, 3.8) is 0 Å². The van der Waals surface area contributed by atoms with Crippen LogP contribution in [0, 0.1) is 6.92 Å². The van der Waals surface area contributed by atoms with Gasteiger partial charge in [-0.1, -0.05) is 36.4 Å². The van der Waals surface area contributed by atoms with Crippen LogP contribution >= 0.6 is 0 Å². The normalized spacial score (nSPS) is 10.1. The predicted octanol–water partition coefficient (Wildman–Crippen LogP) is 3.89. The molecule has 0 aliphatic carbocycles. The lowest BCUT2D eigenvalue weighted by Gasteiger charge is -2.09. The number of rotatable bonds is 4. The number of carbonyl (C=O) groups is 2. The number of benzene rings is 2. The summed E-state index contributed by atoms with van der Waals surface area (Å²) in [5.41, 5.74) is 3.01. The van der Waals surface area contributed by atoms with Crippen molar-refractivity contribution >= 4 is 23.2 Å². The Morgan fingerprint density at radius 1 is 0.800 bits per heavy atom. The van der Waals surface area contributed by atoms with Gasteiger partial charge in [0.15, 0.2) is 0 Å². The van der Waals surface area contributed by atoms with E-state index in [-0.39, 0.29) is 11.8 Å². The Hall–Kier alpha value is -3.47. The number of aryl methyl sites for hydroxylation is 1. The molecule has 0 aliphatic heterocycles. The molecule has 0 saturated heterocycles. The minimum atomic E-state index is -0.316. The Balaban J connectivity index is 1.76.